The van der Waals surface area contributed by atoms with Gasteiger partial charge in [0.25, 0.3) is 0 Å². The number of carbonyl (C=O) groups is 1. The highest BCUT2D eigenvalue weighted by molar-refractivity contribution is 5.78. The van der Waals surface area contributed by atoms with E-state index in [1.807, 2.05) is 53.0 Å². The molecule has 8 heteroatoms. The Hall–Kier alpha value is -3.42. The fourth-order valence-electron chi connectivity index (χ4n) is 3.36. The van der Waals surface area contributed by atoms with Gasteiger partial charge < -0.3 is 20.1 Å². The van der Waals surface area contributed by atoms with Gasteiger partial charge in [-0.3, -0.25) is 4.79 Å². The monoisotopic (exact) mass is 391 g/mol. The van der Waals surface area contributed by atoms with Gasteiger partial charge in [-0.05, 0) is 44.0 Å². The number of aromatic nitrogens is 4. The Balaban J connectivity index is 1.33. The van der Waals surface area contributed by atoms with E-state index >= 15 is 0 Å². The molecule has 4 rings (SSSR count). The number of hydrogen-bond acceptors (Lipinski definition) is 6. The number of benzene rings is 1. The van der Waals surface area contributed by atoms with Crippen LogP contribution in [0.3, 0.4) is 0 Å². The fourth-order valence-corrected chi connectivity index (χ4v) is 3.36. The molecule has 8 nitrogen and oxygen atoms in total. The number of nitrogens with one attached hydrogen (secondary N) is 2. The van der Waals surface area contributed by atoms with Crippen LogP contribution in [0.4, 0.5) is 17.5 Å². The number of imidazole rings is 1. The van der Waals surface area contributed by atoms with Crippen LogP contribution in [0.15, 0.2) is 49.2 Å². The summed E-state index contributed by atoms with van der Waals surface area (Å²) in [6, 6.07) is 7.99. The van der Waals surface area contributed by atoms with E-state index in [9.17, 15) is 4.79 Å². The molecule has 0 spiro atoms. The van der Waals surface area contributed by atoms with Crippen molar-refractivity contribution in [1.29, 1.82) is 0 Å². The van der Waals surface area contributed by atoms with Gasteiger partial charge in [-0.15, -0.1) is 0 Å². The van der Waals surface area contributed by atoms with Crippen LogP contribution in [0.1, 0.15) is 24.8 Å². The van der Waals surface area contributed by atoms with Crippen LogP contribution in [0.2, 0.25) is 0 Å². The van der Waals surface area contributed by atoms with Gasteiger partial charge in [0.2, 0.25) is 11.9 Å². The van der Waals surface area contributed by atoms with Gasteiger partial charge in [0, 0.05) is 61.6 Å². The summed E-state index contributed by atoms with van der Waals surface area (Å²) >= 11 is 0. The van der Waals surface area contributed by atoms with E-state index in [1.165, 1.54) is 0 Å². The number of aryl methyl sites for hydroxylation is 1. The van der Waals surface area contributed by atoms with Crippen molar-refractivity contribution < 1.29 is 4.79 Å². The summed E-state index contributed by atoms with van der Waals surface area (Å²) < 4.78 is 1.95. The molecule has 1 aromatic carbocycles. The van der Waals surface area contributed by atoms with E-state index in [-0.39, 0.29) is 5.91 Å². The molecule has 0 radical (unpaired) electrons. The molecule has 2 aromatic heterocycles. The van der Waals surface area contributed by atoms with E-state index in [1.54, 1.807) is 12.5 Å². The zero-order valence-electron chi connectivity index (χ0n) is 16.5. The Bertz CT molecular complexity index is 954. The number of likely N-dealkylation sites (tertiary alicyclic amines) is 1. The van der Waals surface area contributed by atoms with Crippen molar-refractivity contribution in [3.05, 3.63) is 54.7 Å². The Morgan fingerprint density at radius 1 is 1.21 bits per heavy atom. The summed E-state index contributed by atoms with van der Waals surface area (Å²) in [5.41, 5.74) is 2.94. The molecule has 0 atom stereocenters. The first-order valence-corrected chi connectivity index (χ1v) is 9.90. The molecule has 1 amide bonds. The minimum Gasteiger partial charge on any atom is -0.370 e. The largest absolute Gasteiger partial charge is 0.370 e. The van der Waals surface area contributed by atoms with E-state index in [0.717, 1.165) is 55.2 Å². The van der Waals surface area contributed by atoms with Gasteiger partial charge in [-0.2, -0.15) is 4.98 Å². The van der Waals surface area contributed by atoms with Gasteiger partial charge >= 0.3 is 0 Å². The lowest BCUT2D eigenvalue weighted by Gasteiger charge is -2.16. The molecule has 1 saturated heterocycles. The Labute approximate surface area is 170 Å². The Kier molecular flexibility index (Phi) is 5.69. The predicted molar refractivity (Wildman–Crippen MR) is 113 cm³/mol. The normalized spacial score (nSPS) is 13.7. The second-order valence-corrected chi connectivity index (χ2v) is 7.13. The Morgan fingerprint density at radius 3 is 2.79 bits per heavy atom. The molecule has 150 valence electrons. The zero-order chi connectivity index (χ0) is 20.1. The highest BCUT2D eigenvalue weighted by Crippen LogP contribution is 2.19. The average Bonchev–Trinajstić information content (AvgIpc) is 3.40. The van der Waals surface area contributed by atoms with Crippen LogP contribution in [-0.2, 0) is 4.79 Å². The second-order valence-electron chi connectivity index (χ2n) is 7.13. The lowest BCUT2D eigenvalue weighted by atomic mass is 10.3. The first-order valence-electron chi connectivity index (χ1n) is 9.90. The summed E-state index contributed by atoms with van der Waals surface area (Å²) in [7, 11) is 0. The summed E-state index contributed by atoms with van der Waals surface area (Å²) in [6.45, 7) is 4.43. The minimum absolute atomic E-state index is 0.272. The lowest BCUT2D eigenvalue weighted by molar-refractivity contribution is -0.127. The maximum Gasteiger partial charge on any atom is 0.229 e. The number of carbonyl (C=O) groups excluding carboxylic acids is 1. The molecule has 3 heterocycles. The van der Waals surface area contributed by atoms with Gasteiger partial charge in [-0.25, -0.2) is 9.97 Å². The molecule has 1 fully saturated rings. The van der Waals surface area contributed by atoms with E-state index < -0.39 is 0 Å². The van der Waals surface area contributed by atoms with Crippen molar-refractivity contribution in [3.8, 4) is 5.69 Å². The molecule has 0 aliphatic carbocycles. The van der Waals surface area contributed by atoms with Crippen molar-refractivity contribution in [2.24, 2.45) is 0 Å². The average molecular weight is 391 g/mol. The van der Waals surface area contributed by atoms with Crippen molar-refractivity contribution in [1.82, 2.24) is 24.4 Å². The second kappa shape index (κ2) is 8.72. The maximum absolute atomic E-state index is 11.7. The summed E-state index contributed by atoms with van der Waals surface area (Å²) in [5.74, 6) is 1.63. The van der Waals surface area contributed by atoms with Crippen LogP contribution in [-0.4, -0.2) is 50.0 Å². The third kappa shape index (κ3) is 4.71. The summed E-state index contributed by atoms with van der Waals surface area (Å²) in [4.78, 5) is 26.6. The minimum atomic E-state index is 0.272. The Morgan fingerprint density at radius 2 is 2.07 bits per heavy atom. The zero-order valence-corrected chi connectivity index (χ0v) is 16.5. The number of nitrogens with zero attached hydrogens (tertiary/aromatic N) is 5. The quantitative estimate of drug-likeness (QED) is 0.574. The lowest BCUT2D eigenvalue weighted by Crippen LogP contribution is -2.27. The number of rotatable bonds is 8. The molecule has 0 bridgehead atoms. The molecular formula is C21H25N7O. The summed E-state index contributed by atoms with van der Waals surface area (Å²) in [5, 5.41) is 6.61. The van der Waals surface area contributed by atoms with Crippen LogP contribution in [0.5, 0.6) is 0 Å². The molecule has 1 aliphatic rings. The smallest absolute Gasteiger partial charge is 0.229 e. The summed E-state index contributed by atoms with van der Waals surface area (Å²) in [6.07, 6.45) is 9.80. The SMILES string of the molecule is Cc1cnc(Nc2ccc(-n3ccnc3)cc2)nc1NCCCN1CCCC1=O. The topological polar surface area (TPSA) is 88.0 Å². The molecule has 3 aromatic rings. The van der Waals surface area contributed by atoms with Crippen molar-refractivity contribution in [2.75, 3.05) is 30.3 Å². The van der Waals surface area contributed by atoms with E-state index in [0.29, 0.717) is 12.4 Å². The van der Waals surface area contributed by atoms with Gasteiger partial charge in [0.15, 0.2) is 0 Å². The molecule has 2 N–H and O–H groups in total. The number of amides is 1. The van der Waals surface area contributed by atoms with Crippen LogP contribution >= 0.6 is 0 Å². The first-order chi connectivity index (χ1) is 14.2. The maximum atomic E-state index is 11.7. The first kappa shape index (κ1) is 18.9. The van der Waals surface area contributed by atoms with Crippen LogP contribution < -0.4 is 10.6 Å². The van der Waals surface area contributed by atoms with Gasteiger partial charge in [0.1, 0.15) is 5.82 Å². The molecular weight excluding hydrogens is 366 g/mol. The molecule has 1 aliphatic heterocycles. The van der Waals surface area contributed by atoms with E-state index in [4.69, 9.17) is 0 Å². The molecule has 0 unspecified atom stereocenters. The highest BCUT2D eigenvalue weighted by atomic mass is 16.2. The third-order valence-electron chi connectivity index (χ3n) is 4.97. The number of anilines is 3. The number of hydrogen-bond donors (Lipinski definition) is 2. The fraction of sp³-hybridized carbons (Fsp3) is 0.333. The van der Waals surface area contributed by atoms with Crippen LogP contribution in [0, 0.1) is 6.92 Å². The standard InChI is InChI=1S/C21H25N7O/c1-16-14-24-21(25-17-5-7-18(8-6-17)28-13-10-22-15-28)26-20(16)23-9-3-12-27-11-2-4-19(27)29/h5-8,10,13-15H,2-4,9,11-12H2,1H3,(H2,23,24,25,26). The van der Waals surface area contributed by atoms with Gasteiger partial charge in [-0.1, -0.05) is 0 Å². The van der Waals surface area contributed by atoms with Crippen LogP contribution in [0.25, 0.3) is 5.69 Å². The van der Waals surface area contributed by atoms with Gasteiger partial charge in [0.05, 0.1) is 6.33 Å². The highest BCUT2D eigenvalue weighted by Gasteiger charge is 2.18. The predicted octanol–water partition coefficient (Wildman–Crippen LogP) is 3.14. The van der Waals surface area contributed by atoms with E-state index in [2.05, 4.69) is 25.6 Å². The van der Waals surface area contributed by atoms with Crippen molar-refractivity contribution in [3.63, 3.8) is 0 Å². The van der Waals surface area contributed by atoms with Crippen molar-refractivity contribution >= 4 is 23.4 Å². The third-order valence-corrected chi connectivity index (χ3v) is 4.97. The van der Waals surface area contributed by atoms with Crippen molar-refractivity contribution in [2.45, 2.75) is 26.2 Å². The molecule has 29 heavy (non-hydrogen) atoms. The molecule has 0 saturated carbocycles.